The number of alkyl carbamates (subject to hydrolysis) is 1. The van der Waals surface area contributed by atoms with Crippen molar-refractivity contribution in [1.29, 1.82) is 0 Å². The maximum atomic E-state index is 10.9. The van der Waals surface area contributed by atoms with Gasteiger partial charge in [0.25, 0.3) is 0 Å². The molecule has 0 atom stereocenters. The van der Waals surface area contributed by atoms with Crippen LogP contribution in [0.4, 0.5) is 4.79 Å². The van der Waals surface area contributed by atoms with E-state index in [4.69, 9.17) is 4.74 Å². The van der Waals surface area contributed by atoms with Gasteiger partial charge in [0.15, 0.2) is 0 Å². The van der Waals surface area contributed by atoms with Crippen LogP contribution < -0.4 is 10.2 Å². The molecule has 13 heavy (non-hydrogen) atoms. The van der Waals surface area contributed by atoms with Gasteiger partial charge in [0.05, 0.1) is 27.2 Å². The van der Waals surface area contributed by atoms with Gasteiger partial charge >= 0.3 is 6.09 Å². The molecule has 0 aromatic heterocycles. The molecule has 0 aromatic carbocycles. The first-order chi connectivity index (χ1) is 6.16. The number of carbonyl (C=O) groups excluding carboxylic acids is 1. The van der Waals surface area contributed by atoms with Gasteiger partial charge < -0.3 is 15.0 Å². The molecule has 78 valence electrons. The summed E-state index contributed by atoms with van der Waals surface area (Å²) >= 11 is 0. The number of carbonyl (C=O) groups is 1. The SMILES string of the molecule is CCCOC(=O)NCCC[NH+](C)C. The largest absolute Gasteiger partial charge is 0.450 e. The third-order valence-corrected chi connectivity index (χ3v) is 1.56. The van der Waals surface area contributed by atoms with Gasteiger partial charge in [-0.2, -0.15) is 0 Å². The summed E-state index contributed by atoms with van der Waals surface area (Å²) < 4.78 is 4.84. The highest BCUT2D eigenvalue weighted by Crippen LogP contribution is 1.81. The van der Waals surface area contributed by atoms with Crippen LogP contribution in [0.25, 0.3) is 0 Å². The van der Waals surface area contributed by atoms with E-state index in [1.54, 1.807) is 0 Å². The van der Waals surface area contributed by atoms with E-state index in [9.17, 15) is 4.79 Å². The lowest BCUT2D eigenvalue weighted by Crippen LogP contribution is -3.05. The van der Waals surface area contributed by atoms with Crippen LogP contribution in [0.2, 0.25) is 0 Å². The van der Waals surface area contributed by atoms with Gasteiger partial charge in [0, 0.05) is 13.0 Å². The quantitative estimate of drug-likeness (QED) is 0.561. The Bertz CT molecular complexity index is 138. The van der Waals surface area contributed by atoms with Crippen LogP contribution in [0.3, 0.4) is 0 Å². The molecule has 0 saturated heterocycles. The fourth-order valence-electron chi connectivity index (χ4n) is 0.878. The smallest absolute Gasteiger partial charge is 0.407 e. The van der Waals surface area contributed by atoms with Crippen molar-refractivity contribution < 1.29 is 14.4 Å². The summed E-state index contributed by atoms with van der Waals surface area (Å²) in [5, 5.41) is 2.70. The lowest BCUT2D eigenvalue weighted by atomic mass is 10.4. The van der Waals surface area contributed by atoms with Crippen LogP contribution >= 0.6 is 0 Å². The second-order valence-electron chi connectivity index (χ2n) is 3.37. The third-order valence-electron chi connectivity index (χ3n) is 1.56. The minimum Gasteiger partial charge on any atom is -0.450 e. The summed E-state index contributed by atoms with van der Waals surface area (Å²) in [6, 6.07) is 0. The van der Waals surface area contributed by atoms with E-state index in [1.165, 1.54) is 4.90 Å². The molecule has 1 amide bonds. The molecule has 0 spiro atoms. The maximum Gasteiger partial charge on any atom is 0.407 e. The number of amides is 1. The van der Waals surface area contributed by atoms with Crippen molar-refractivity contribution in [2.75, 3.05) is 33.8 Å². The zero-order chi connectivity index (χ0) is 10.1. The van der Waals surface area contributed by atoms with Crippen molar-refractivity contribution in [2.45, 2.75) is 19.8 Å². The van der Waals surface area contributed by atoms with Crippen LogP contribution in [0.1, 0.15) is 19.8 Å². The van der Waals surface area contributed by atoms with Crippen LogP contribution in [0.5, 0.6) is 0 Å². The monoisotopic (exact) mass is 189 g/mol. The van der Waals surface area contributed by atoms with Gasteiger partial charge in [-0.3, -0.25) is 0 Å². The molecule has 2 N–H and O–H groups in total. The second-order valence-corrected chi connectivity index (χ2v) is 3.37. The zero-order valence-corrected chi connectivity index (χ0v) is 8.85. The standard InChI is InChI=1S/C9H20N2O2/c1-4-8-13-9(12)10-6-5-7-11(2)3/h4-8H2,1-3H3,(H,10,12)/p+1. The van der Waals surface area contributed by atoms with Crippen molar-refractivity contribution >= 4 is 6.09 Å². The first-order valence-corrected chi connectivity index (χ1v) is 4.86. The van der Waals surface area contributed by atoms with E-state index in [2.05, 4.69) is 19.4 Å². The topological polar surface area (TPSA) is 42.8 Å². The Morgan fingerprint density at radius 2 is 2.15 bits per heavy atom. The molecule has 0 radical (unpaired) electrons. The highest BCUT2D eigenvalue weighted by Gasteiger charge is 2.00. The summed E-state index contributed by atoms with van der Waals surface area (Å²) in [5.74, 6) is 0. The molecule has 4 nitrogen and oxygen atoms in total. The third kappa shape index (κ3) is 9.14. The Morgan fingerprint density at radius 1 is 1.46 bits per heavy atom. The van der Waals surface area contributed by atoms with E-state index in [0.717, 1.165) is 19.4 Å². The predicted octanol–water partition coefficient (Wildman–Crippen LogP) is -0.343. The van der Waals surface area contributed by atoms with E-state index in [0.29, 0.717) is 13.2 Å². The lowest BCUT2D eigenvalue weighted by molar-refractivity contribution is -0.858. The van der Waals surface area contributed by atoms with E-state index < -0.39 is 0 Å². The fourth-order valence-corrected chi connectivity index (χ4v) is 0.878. The highest BCUT2D eigenvalue weighted by molar-refractivity contribution is 5.66. The number of rotatable bonds is 6. The molecule has 0 fully saturated rings. The molecular weight excluding hydrogens is 168 g/mol. The number of nitrogens with one attached hydrogen (secondary N) is 2. The first kappa shape index (κ1) is 12.2. The van der Waals surface area contributed by atoms with E-state index in [1.807, 2.05) is 6.92 Å². The van der Waals surface area contributed by atoms with E-state index in [-0.39, 0.29) is 6.09 Å². The number of hydrogen-bond acceptors (Lipinski definition) is 2. The van der Waals surface area contributed by atoms with Crippen molar-refractivity contribution in [3.63, 3.8) is 0 Å². The van der Waals surface area contributed by atoms with Crippen molar-refractivity contribution in [1.82, 2.24) is 5.32 Å². The average Bonchev–Trinajstić information content (AvgIpc) is 2.08. The summed E-state index contributed by atoms with van der Waals surface area (Å²) in [6.07, 6.45) is 1.56. The molecule has 0 heterocycles. The minimum absolute atomic E-state index is 0.296. The Labute approximate surface area is 80.2 Å². The van der Waals surface area contributed by atoms with Gasteiger partial charge in [0.2, 0.25) is 0 Å². The molecule has 0 aromatic rings. The number of quaternary nitrogens is 1. The van der Waals surface area contributed by atoms with Crippen LogP contribution in [-0.2, 0) is 4.74 Å². The van der Waals surface area contributed by atoms with Crippen molar-refractivity contribution in [2.24, 2.45) is 0 Å². The molecular formula is C9H21N2O2+. The van der Waals surface area contributed by atoms with Crippen LogP contribution in [0.15, 0.2) is 0 Å². The lowest BCUT2D eigenvalue weighted by Gasteiger charge is -2.08. The molecule has 4 heteroatoms. The number of hydrogen-bond donors (Lipinski definition) is 2. The van der Waals surface area contributed by atoms with Crippen molar-refractivity contribution in [3.8, 4) is 0 Å². The minimum atomic E-state index is -0.296. The van der Waals surface area contributed by atoms with Gasteiger partial charge in [-0.1, -0.05) is 6.92 Å². The Balaban J connectivity index is 3.17. The molecule has 0 saturated carbocycles. The Kier molecular flexibility index (Phi) is 7.39. The fraction of sp³-hybridized carbons (Fsp3) is 0.889. The van der Waals surface area contributed by atoms with Gasteiger partial charge in [-0.05, 0) is 6.42 Å². The van der Waals surface area contributed by atoms with Gasteiger partial charge in [-0.25, -0.2) is 4.79 Å². The van der Waals surface area contributed by atoms with Gasteiger partial charge in [-0.15, -0.1) is 0 Å². The summed E-state index contributed by atoms with van der Waals surface area (Å²) in [4.78, 5) is 12.3. The zero-order valence-electron chi connectivity index (χ0n) is 8.85. The average molecular weight is 189 g/mol. The molecule has 0 aliphatic rings. The van der Waals surface area contributed by atoms with Gasteiger partial charge in [0.1, 0.15) is 0 Å². The highest BCUT2D eigenvalue weighted by atomic mass is 16.5. The molecule has 0 aliphatic heterocycles. The molecule has 0 unspecified atom stereocenters. The second kappa shape index (κ2) is 7.86. The summed E-state index contributed by atoms with van der Waals surface area (Å²) in [6.45, 7) is 4.25. The number of ether oxygens (including phenoxy) is 1. The molecule has 0 rings (SSSR count). The molecule has 0 bridgehead atoms. The molecule has 0 aliphatic carbocycles. The van der Waals surface area contributed by atoms with Crippen LogP contribution in [0, 0.1) is 0 Å². The predicted molar refractivity (Wildman–Crippen MR) is 51.9 cm³/mol. The first-order valence-electron chi connectivity index (χ1n) is 4.86. The maximum absolute atomic E-state index is 10.9. The normalized spacial score (nSPS) is 10.2. The Hall–Kier alpha value is -0.770. The summed E-state index contributed by atoms with van der Waals surface area (Å²) in [7, 11) is 4.19. The Morgan fingerprint density at radius 3 is 2.69 bits per heavy atom. The summed E-state index contributed by atoms with van der Waals surface area (Å²) in [5.41, 5.74) is 0. The van der Waals surface area contributed by atoms with E-state index >= 15 is 0 Å². The van der Waals surface area contributed by atoms with Crippen LogP contribution in [-0.4, -0.2) is 39.9 Å². The van der Waals surface area contributed by atoms with Crippen molar-refractivity contribution in [3.05, 3.63) is 0 Å².